The Morgan fingerprint density at radius 2 is 1.73 bits per heavy atom. The second kappa shape index (κ2) is 4.36. The van der Waals surface area contributed by atoms with E-state index in [1.807, 2.05) is 0 Å². The summed E-state index contributed by atoms with van der Waals surface area (Å²) in [5, 5.41) is 0. The summed E-state index contributed by atoms with van der Waals surface area (Å²) in [7, 11) is 0. The molecule has 0 aromatic heterocycles. The lowest BCUT2D eigenvalue weighted by molar-refractivity contribution is -0.0390. The third-order valence-electron chi connectivity index (χ3n) is 3.41. The van der Waals surface area contributed by atoms with Crippen LogP contribution in [0.4, 0.5) is 0 Å². The molecule has 1 saturated carbocycles. The van der Waals surface area contributed by atoms with E-state index in [0.717, 1.165) is 6.61 Å². The van der Waals surface area contributed by atoms with Crippen LogP contribution in [0.5, 0.6) is 0 Å². The first-order valence-corrected chi connectivity index (χ1v) is 5.98. The van der Waals surface area contributed by atoms with Crippen molar-refractivity contribution in [1.29, 1.82) is 0 Å². The zero-order chi connectivity index (χ0) is 10.7. The van der Waals surface area contributed by atoms with Crippen LogP contribution in [0.3, 0.4) is 0 Å². The highest BCUT2D eigenvalue weighted by atomic mass is 16.5. The van der Waals surface area contributed by atoms with Crippen LogP contribution >= 0.6 is 0 Å². The molecule has 0 spiro atoms. The normalized spacial score (nSPS) is 19.3. The molecule has 0 saturated heterocycles. The molecule has 1 heteroatoms. The molecule has 0 unspecified atom stereocenters. The molecule has 1 aliphatic carbocycles. The number of ether oxygens (including phenoxy) is 1. The lowest BCUT2D eigenvalue weighted by Gasteiger charge is -2.29. The van der Waals surface area contributed by atoms with Gasteiger partial charge in [-0.1, -0.05) is 42.7 Å². The second-order valence-electron chi connectivity index (χ2n) is 4.50. The van der Waals surface area contributed by atoms with Gasteiger partial charge in [-0.2, -0.15) is 0 Å². The van der Waals surface area contributed by atoms with E-state index >= 15 is 0 Å². The molecule has 1 aromatic rings. The summed E-state index contributed by atoms with van der Waals surface area (Å²) in [6.07, 6.45) is 4.97. The first kappa shape index (κ1) is 10.7. The fraction of sp³-hybridized carbons (Fsp3) is 0.571. The molecule has 0 atom stereocenters. The minimum atomic E-state index is 0.0302. The Hall–Kier alpha value is -0.820. The number of hydrogen-bond acceptors (Lipinski definition) is 1. The van der Waals surface area contributed by atoms with Crippen LogP contribution in [0.25, 0.3) is 0 Å². The van der Waals surface area contributed by atoms with Crippen LogP contribution in [-0.4, -0.2) is 6.61 Å². The van der Waals surface area contributed by atoms with Crippen molar-refractivity contribution in [3.63, 3.8) is 0 Å². The second-order valence-corrected chi connectivity index (χ2v) is 4.50. The minimum Gasteiger partial charge on any atom is -0.371 e. The molecule has 1 nitrogen and oxygen atoms in total. The standard InChI is InChI=1S/C14H20O/c1-3-15-14(10-4-5-11-14)13-8-6-12(2)7-9-13/h6-9H,3-5,10-11H2,1-2H3. The van der Waals surface area contributed by atoms with E-state index in [2.05, 4.69) is 38.1 Å². The molecule has 0 N–H and O–H groups in total. The van der Waals surface area contributed by atoms with Crippen molar-refractivity contribution in [3.05, 3.63) is 35.4 Å². The fourth-order valence-corrected chi connectivity index (χ4v) is 2.60. The van der Waals surface area contributed by atoms with Crippen molar-refractivity contribution >= 4 is 0 Å². The number of aryl methyl sites for hydroxylation is 1. The molecule has 0 heterocycles. The Morgan fingerprint density at radius 3 is 2.27 bits per heavy atom. The zero-order valence-corrected chi connectivity index (χ0v) is 9.75. The van der Waals surface area contributed by atoms with Crippen molar-refractivity contribution < 1.29 is 4.74 Å². The summed E-state index contributed by atoms with van der Waals surface area (Å²) in [6.45, 7) is 5.04. The lowest BCUT2D eigenvalue weighted by Crippen LogP contribution is -2.26. The molecular weight excluding hydrogens is 184 g/mol. The third-order valence-corrected chi connectivity index (χ3v) is 3.41. The number of rotatable bonds is 3. The van der Waals surface area contributed by atoms with Crippen LogP contribution in [0.1, 0.15) is 43.7 Å². The summed E-state index contributed by atoms with van der Waals surface area (Å²) < 4.78 is 6.02. The van der Waals surface area contributed by atoms with Crippen LogP contribution in [0, 0.1) is 6.92 Å². The van der Waals surface area contributed by atoms with Crippen LogP contribution in [0.15, 0.2) is 24.3 Å². The monoisotopic (exact) mass is 204 g/mol. The molecule has 15 heavy (non-hydrogen) atoms. The number of hydrogen-bond donors (Lipinski definition) is 0. The Labute approximate surface area is 92.5 Å². The Morgan fingerprint density at radius 1 is 1.13 bits per heavy atom. The first-order valence-electron chi connectivity index (χ1n) is 5.98. The van der Waals surface area contributed by atoms with Crippen molar-refractivity contribution in [2.24, 2.45) is 0 Å². The quantitative estimate of drug-likeness (QED) is 0.727. The van der Waals surface area contributed by atoms with Gasteiger partial charge in [-0.3, -0.25) is 0 Å². The maximum Gasteiger partial charge on any atom is 0.0931 e. The van der Waals surface area contributed by atoms with Gasteiger partial charge in [0.25, 0.3) is 0 Å². The van der Waals surface area contributed by atoms with Gasteiger partial charge in [0.2, 0.25) is 0 Å². The van der Waals surface area contributed by atoms with E-state index in [0.29, 0.717) is 0 Å². The Bertz CT molecular complexity index is 307. The molecule has 0 amide bonds. The van der Waals surface area contributed by atoms with E-state index in [-0.39, 0.29) is 5.60 Å². The third kappa shape index (κ3) is 2.07. The summed E-state index contributed by atoms with van der Waals surface area (Å²) in [5.41, 5.74) is 2.72. The average Bonchev–Trinajstić information content (AvgIpc) is 2.69. The summed E-state index contributed by atoms with van der Waals surface area (Å²) >= 11 is 0. The first-order chi connectivity index (χ1) is 7.27. The highest BCUT2D eigenvalue weighted by Gasteiger charge is 2.35. The van der Waals surface area contributed by atoms with E-state index in [9.17, 15) is 0 Å². The maximum atomic E-state index is 6.02. The molecular formula is C14H20O. The topological polar surface area (TPSA) is 9.23 Å². The average molecular weight is 204 g/mol. The fourth-order valence-electron chi connectivity index (χ4n) is 2.60. The highest BCUT2D eigenvalue weighted by molar-refractivity contribution is 5.27. The highest BCUT2D eigenvalue weighted by Crippen LogP contribution is 2.42. The van der Waals surface area contributed by atoms with Gasteiger partial charge in [0.15, 0.2) is 0 Å². The number of benzene rings is 1. The van der Waals surface area contributed by atoms with E-state index in [1.165, 1.54) is 36.8 Å². The van der Waals surface area contributed by atoms with Crippen molar-refractivity contribution in [2.75, 3.05) is 6.61 Å². The van der Waals surface area contributed by atoms with Gasteiger partial charge >= 0.3 is 0 Å². The van der Waals surface area contributed by atoms with Gasteiger partial charge in [0, 0.05) is 6.61 Å². The SMILES string of the molecule is CCOC1(c2ccc(C)cc2)CCCC1. The van der Waals surface area contributed by atoms with Crippen LogP contribution in [-0.2, 0) is 10.3 Å². The molecule has 1 fully saturated rings. The predicted molar refractivity (Wildman–Crippen MR) is 63.0 cm³/mol. The molecule has 1 aromatic carbocycles. The Balaban J connectivity index is 2.28. The van der Waals surface area contributed by atoms with Crippen molar-refractivity contribution in [3.8, 4) is 0 Å². The van der Waals surface area contributed by atoms with E-state index < -0.39 is 0 Å². The Kier molecular flexibility index (Phi) is 3.11. The van der Waals surface area contributed by atoms with Gasteiger partial charge in [0.1, 0.15) is 0 Å². The van der Waals surface area contributed by atoms with Gasteiger partial charge < -0.3 is 4.74 Å². The van der Waals surface area contributed by atoms with Crippen LogP contribution < -0.4 is 0 Å². The van der Waals surface area contributed by atoms with Gasteiger partial charge in [0.05, 0.1) is 5.60 Å². The molecule has 0 aliphatic heterocycles. The van der Waals surface area contributed by atoms with Crippen molar-refractivity contribution in [2.45, 2.75) is 45.1 Å². The molecule has 82 valence electrons. The minimum absolute atomic E-state index is 0.0302. The molecule has 1 aliphatic rings. The predicted octanol–water partition coefficient (Wildman–Crippen LogP) is 3.80. The van der Waals surface area contributed by atoms with Crippen molar-refractivity contribution in [1.82, 2.24) is 0 Å². The van der Waals surface area contributed by atoms with E-state index in [1.54, 1.807) is 0 Å². The van der Waals surface area contributed by atoms with Gasteiger partial charge in [-0.25, -0.2) is 0 Å². The molecule has 0 bridgehead atoms. The smallest absolute Gasteiger partial charge is 0.0931 e. The van der Waals surface area contributed by atoms with Gasteiger partial charge in [-0.15, -0.1) is 0 Å². The largest absolute Gasteiger partial charge is 0.371 e. The van der Waals surface area contributed by atoms with E-state index in [4.69, 9.17) is 4.74 Å². The summed E-state index contributed by atoms with van der Waals surface area (Å²) in [5.74, 6) is 0. The summed E-state index contributed by atoms with van der Waals surface area (Å²) in [4.78, 5) is 0. The molecule has 2 rings (SSSR count). The summed E-state index contributed by atoms with van der Waals surface area (Å²) in [6, 6.07) is 8.84. The maximum absolute atomic E-state index is 6.02. The van der Waals surface area contributed by atoms with Gasteiger partial charge in [-0.05, 0) is 32.3 Å². The zero-order valence-electron chi connectivity index (χ0n) is 9.75. The lowest BCUT2D eigenvalue weighted by atomic mass is 9.91. The van der Waals surface area contributed by atoms with Crippen LogP contribution in [0.2, 0.25) is 0 Å². The molecule has 0 radical (unpaired) electrons.